The van der Waals surface area contributed by atoms with Gasteiger partial charge in [-0.05, 0) is 18.6 Å². The average Bonchev–Trinajstić information content (AvgIpc) is 2.91. The lowest BCUT2D eigenvalue weighted by molar-refractivity contribution is 0.812. The van der Waals surface area contributed by atoms with Crippen molar-refractivity contribution in [1.29, 1.82) is 0 Å². The van der Waals surface area contributed by atoms with Crippen LogP contribution < -0.4 is 15.5 Å². The van der Waals surface area contributed by atoms with Crippen LogP contribution in [0.3, 0.4) is 0 Å². The Morgan fingerprint density at radius 2 is 2.00 bits per heavy atom. The van der Waals surface area contributed by atoms with E-state index in [0.29, 0.717) is 6.54 Å². The summed E-state index contributed by atoms with van der Waals surface area (Å²) in [7, 11) is 2.14. The van der Waals surface area contributed by atoms with Crippen LogP contribution in [-0.2, 0) is 13.0 Å². The molecule has 5 heteroatoms. The molecule has 1 aromatic carbocycles. The first-order chi connectivity index (χ1) is 10.2. The van der Waals surface area contributed by atoms with E-state index < -0.39 is 0 Å². The van der Waals surface area contributed by atoms with Crippen LogP contribution >= 0.6 is 11.3 Å². The van der Waals surface area contributed by atoms with E-state index in [9.17, 15) is 0 Å². The summed E-state index contributed by atoms with van der Waals surface area (Å²) in [6, 6.07) is 8.53. The van der Waals surface area contributed by atoms with Crippen LogP contribution in [-0.4, -0.2) is 25.1 Å². The van der Waals surface area contributed by atoms with Crippen molar-refractivity contribution in [3.8, 4) is 0 Å². The summed E-state index contributed by atoms with van der Waals surface area (Å²) in [5.41, 5.74) is 9.57. The molecule has 0 unspecified atom stereocenters. The molecule has 0 saturated carbocycles. The molecular formula is C16H22N4S. The third kappa shape index (κ3) is 2.63. The zero-order chi connectivity index (χ0) is 14.8. The quantitative estimate of drug-likeness (QED) is 0.942. The molecule has 0 aliphatic carbocycles. The normalized spacial score (nSPS) is 14.4. The fourth-order valence-corrected chi connectivity index (χ4v) is 3.81. The fourth-order valence-electron chi connectivity index (χ4n) is 2.78. The highest BCUT2D eigenvalue weighted by molar-refractivity contribution is 7.15. The molecule has 0 fully saturated rings. The van der Waals surface area contributed by atoms with E-state index in [1.165, 1.54) is 21.9 Å². The van der Waals surface area contributed by atoms with E-state index in [1.807, 2.05) is 0 Å². The van der Waals surface area contributed by atoms with Gasteiger partial charge in [0.2, 0.25) is 0 Å². The smallest absolute Gasteiger partial charge is 0.190 e. The molecule has 1 aliphatic heterocycles. The van der Waals surface area contributed by atoms with E-state index in [2.05, 4.69) is 48.0 Å². The van der Waals surface area contributed by atoms with Gasteiger partial charge in [-0.3, -0.25) is 0 Å². The highest BCUT2D eigenvalue weighted by Gasteiger charge is 2.24. The molecule has 2 N–H and O–H groups in total. The third-order valence-electron chi connectivity index (χ3n) is 3.91. The number of hydrogen-bond donors (Lipinski definition) is 1. The summed E-state index contributed by atoms with van der Waals surface area (Å²) >= 11 is 1.74. The number of anilines is 3. The second-order valence-corrected chi connectivity index (χ2v) is 6.44. The summed E-state index contributed by atoms with van der Waals surface area (Å²) < 4.78 is 0. The van der Waals surface area contributed by atoms with Crippen LogP contribution in [0.5, 0.6) is 0 Å². The average molecular weight is 302 g/mol. The lowest BCUT2D eigenvalue weighted by Crippen LogP contribution is -2.36. The van der Waals surface area contributed by atoms with Gasteiger partial charge in [0.1, 0.15) is 0 Å². The molecule has 0 atom stereocenters. The van der Waals surface area contributed by atoms with Crippen LogP contribution in [0.1, 0.15) is 23.9 Å². The minimum atomic E-state index is 0.586. The minimum absolute atomic E-state index is 0.586. The monoisotopic (exact) mass is 302 g/mol. The maximum absolute atomic E-state index is 5.88. The standard InChI is InChI=1S/C16H22N4S/c1-3-6-12-15(11-17)21-16(18-12)20-10-9-19(2)13-7-4-5-8-14(13)20/h4-5,7-8H,3,6,9-11,17H2,1-2H3. The zero-order valence-electron chi connectivity index (χ0n) is 12.7. The van der Waals surface area contributed by atoms with Crippen molar-refractivity contribution in [3.05, 3.63) is 34.8 Å². The highest BCUT2D eigenvalue weighted by Crippen LogP contribution is 2.39. The molecule has 0 saturated heterocycles. The Balaban J connectivity index is 1.99. The van der Waals surface area contributed by atoms with E-state index in [0.717, 1.165) is 31.1 Å². The molecule has 3 rings (SSSR count). The van der Waals surface area contributed by atoms with Crippen LogP contribution in [0.15, 0.2) is 24.3 Å². The van der Waals surface area contributed by atoms with Crippen molar-refractivity contribution in [2.45, 2.75) is 26.3 Å². The van der Waals surface area contributed by atoms with Gasteiger partial charge in [-0.25, -0.2) is 4.98 Å². The Morgan fingerprint density at radius 3 is 2.71 bits per heavy atom. The van der Waals surface area contributed by atoms with Gasteiger partial charge in [-0.2, -0.15) is 0 Å². The number of aryl methyl sites for hydroxylation is 1. The number of likely N-dealkylation sites (N-methyl/N-ethyl adjacent to an activating group) is 1. The number of nitrogens with zero attached hydrogens (tertiary/aromatic N) is 3. The molecule has 0 bridgehead atoms. The van der Waals surface area contributed by atoms with Crippen molar-refractivity contribution in [1.82, 2.24) is 4.98 Å². The molecule has 2 heterocycles. The minimum Gasteiger partial charge on any atom is -0.371 e. The summed E-state index contributed by atoms with van der Waals surface area (Å²) in [6.07, 6.45) is 2.12. The number of benzene rings is 1. The molecule has 2 aromatic rings. The predicted molar refractivity (Wildman–Crippen MR) is 90.7 cm³/mol. The Hall–Kier alpha value is -1.59. The molecule has 21 heavy (non-hydrogen) atoms. The first kappa shape index (κ1) is 14.4. The van der Waals surface area contributed by atoms with Gasteiger partial charge in [-0.15, -0.1) is 0 Å². The van der Waals surface area contributed by atoms with Crippen LogP contribution in [0.2, 0.25) is 0 Å². The van der Waals surface area contributed by atoms with Crippen molar-refractivity contribution >= 4 is 27.8 Å². The number of aromatic nitrogens is 1. The van der Waals surface area contributed by atoms with Crippen molar-refractivity contribution in [3.63, 3.8) is 0 Å². The van der Waals surface area contributed by atoms with Crippen molar-refractivity contribution in [2.24, 2.45) is 5.73 Å². The summed E-state index contributed by atoms with van der Waals surface area (Å²) in [5, 5.41) is 1.08. The van der Waals surface area contributed by atoms with Gasteiger partial charge < -0.3 is 15.5 Å². The number of thiazole rings is 1. The topological polar surface area (TPSA) is 45.4 Å². The van der Waals surface area contributed by atoms with Gasteiger partial charge in [0.25, 0.3) is 0 Å². The van der Waals surface area contributed by atoms with Crippen LogP contribution in [0, 0.1) is 0 Å². The SMILES string of the molecule is CCCc1nc(N2CCN(C)c3ccccc32)sc1CN. The molecule has 112 valence electrons. The van der Waals surface area contributed by atoms with Gasteiger partial charge >= 0.3 is 0 Å². The molecule has 0 spiro atoms. The predicted octanol–water partition coefficient (Wildman–Crippen LogP) is 3.14. The molecular weight excluding hydrogens is 280 g/mol. The number of fused-ring (bicyclic) bond motifs is 1. The molecule has 4 nitrogen and oxygen atoms in total. The van der Waals surface area contributed by atoms with Gasteiger partial charge in [0, 0.05) is 31.6 Å². The number of nitrogens with two attached hydrogens (primary N) is 1. The Kier molecular flexibility index (Phi) is 4.12. The summed E-state index contributed by atoms with van der Waals surface area (Å²) in [6.45, 7) is 4.75. The van der Waals surface area contributed by atoms with Crippen LogP contribution in [0.4, 0.5) is 16.5 Å². The fraction of sp³-hybridized carbons (Fsp3) is 0.438. The first-order valence-electron chi connectivity index (χ1n) is 7.51. The van der Waals surface area contributed by atoms with E-state index >= 15 is 0 Å². The maximum atomic E-state index is 5.88. The first-order valence-corrected chi connectivity index (χ1v) is 8.32. The molecule has 1 aliphatic rings. The largest absolute Gasteiger partial charge is 0.371 e. The molecule has 1 aromatic heterocycles. The highest BCUT2D eigenvalue weighted by atomic mass is 32.1. The van der Waals surface area contributed by atoms with E-state index in [1.54, 1.807) is 11.3 Å². The lowest BCUT2D eigenvalue weighted by Gasteiger charge is -2.35. The lowest BCUT2D eigenvalue weighted by atomic mass is 10.2. The Labute approximate surface area is 130 Å². The number of para-hydroxylation sites is 2. The van der Waals surface area contributed by atoms with Crippen LogP contribution in [0.25, 0.3) is 0 Å². The second kappa shape index (κ2) is 6.03. The number of hydrogen-bond acceptors (Lipinski definition) is 5. The molecule has 0 amide bonds. The molecule has 0 radical (unpaired) electrons. The van der Waals surface area contributed by atoms with E-state index in [-0.39, 0.29) is 0 Å². The number of rotatable bonds is 4. The zero-order valence-corrected chi connectivity index (χ0v) is 13.5. The second-order valence-electron chi connectivity index (χ2n) is 5.38. The maximum Gasteiger partial charge on any atom is 0.190 e. The Morgan fingerprint density at radius 1 is 1.24 bits per heavy atom. The van der Waals surface area contributed by atoms with Crippen molar-refractivity contribution in [2.75, 3.05) is 29.9 Å². The van der Waals surface area contributed by atoms with Gasteiger partial charge in [0.15, 0.2) is 5.13 Å². The van der Waals surface area contributed by atoms with Gasteiger partial charge in [0.05, 0.1) is 17.1 Å². The Bertz CT molecular complexity index is 622. The summed E-state index contributed by atoms with van der Waals surface area (Å²) in [5.74, 6) is 0. The van der Waals surface area contributed by atoms with E-state index in [4.69, 9.17) is 10.7 Å². The van der Waals surface area contributed by atoms with Gasteiger partial charge in [-0.1, -0.05) is 36.8 Å². The summed E-state index contributed by atoms with van der Waals surface area (Å²) in [4.78, 5) is 10.7. The third-order valence-corrected chi connectivity index (χ3v) is 5.06. The van der Waals surface area contributed by atoms with Crippen molar-refractivity contribution < 1.29 is 0 Å².